The van der Waals surface area contributed by atoms with Crippen LogP contribution in [-0.2, 0) is 10.5 Å². The zero-order chi connectivity index (χ0) is 18.5. The Bertz CT molecular complexity index is 873. The second kappa shape index (κ2) is 8.55. The Hall–Kier alpha value is -2.37. The Balaban J connectivity index is 1.66. The molecule has 1 fully saturated rings. The van der Waals surface area contributed by atoms with Crippen LogP contribution in [0.5, 0.6) is 0 Å². The topological polar surface area (TPSA) is 38.2 Å². The number of hydrogen-bond donors (Lipinski definition) is 0. The lowest BCUT2D eigenvalue weighted by atomic mass is 10.2. The van der Waals surface area contributed by atoms with E-state index in [1.807, 2.05) is 24.3 Å². The summed E-state index contributed by atoms with van der Waals surface area (Å²) < 4.78 is 5.59. The number of hydrogen-bond acceptors (Lipinski definition) is 5. The highest BCUT2D eigenvalue weighted by Crippen LogP contribution is 2.27. The van der Waals surface area contributed by atoms with Gasteiger partial charge < -0.3 is 9.64 Å². The maximum Gasteiger partial charge on any atom is 0.161 e. The molecule has 2 aromatic carbocycles. The lowest BCUT2D eigenvalue weighted by Crippen LogP contribution is -2.44. The molecule has 27 heavy (non-hydrogen) atoms. The fraction of sp³-hybridized carbons (Fsp3) is 0.273. The predicted molar refractivity (Wildman–Crippen MR) is 111 cm³/mol. The normalized spacial score (nSPS) is 17.1. The fourth-order valence-electron chi connectivity index (χ4n) is 3.16. The average Bonchev–Trinajstić information content (AvgIpc) is 2.74. The number of ether oxygens (including phenoxy) is 1. The highest BCUT2D eigenvalue weighted by Gasteiger charge is 2.21. The van der Waals surface area contributed by atoms with Gasteiger partial charge in [0.1, 0.15) is 5.82 Å². The van der Waals surface area contributed by atoms with Crippen molar-refractivity contribution in [2.45, 2.75) is 23.6 Å². The average molecular weight is 378 g/mol. The van der Waals surface area contributed by atoms with Gasteiger partial charge in [0, 0.05) is 28.8 Å². The Morgan fingerprint density at radius 3 is 2.52 bits per heavy atom. The van der Waals surface area contributed by atoms with E-state index in [0.717, 1.165) is 48.4 Å². The van der Waals surface area contributed by atoms with Crippen molar-refractivity contribution in [1.29, 1.82) is 0 Å². The molecule has 4 nitrogen and oxygen atoms in total. The van der Waals surface area contributed by atoms with Crippen molar-refractivity contribution < 1.29 is 4.74 Å². The Morgan fingerprint density at radius 1 is 1.04 bits per heavy atom. The predicted octanol–water partition coefficient (Wildman–Crippen LogP) is 4.66. The minimum Gasteiger partial charge on any atom is -0.377 e. The molecule has 0 saturated carbocycles. The molecule has 1 saturated heterocycles. The van der Waals surface area contributed by atoms with Crippen LogP contribution in [0.25, 0.3) is 11.4 Å². The van der Waals surface area contributed by atoms with Gasteiger partial charge in [-0.05, 0) is 19.1 Å². The van der Waals surface area contributed by atoms with Crippen molar-refractivity contribution in [3.63, 3.8) is 0 Å². The first-order valence-electron chi connectivity index (χ1n) is 9.25. The number of thioether (sulfide) groups is 1. The van der Waals surface area contributed by atoms with E-state index in [-0.39, 0.29) is 0 Å². The van der Waals surface area contributed by atoms with E-state index in [2.05, 4.69) is 54.3 Å². The van der Waals surface area contributed by atoms with Gasteiger partial charge >= 0.3 is 0 Å². The Labute approximate surface area is 164 Å². The third-order valence-electron chi connectivity index (χ3n) is 4.59. The quantitative estimate of drug-likeness (QED) is 0.605. The summed E-state index contributed by atoms with van der Waals surface area (Å²) in [5.74, 6) is 2.59. The summed E-state index contributed by atoms with van der Waals surface area (Å²) in [6.07, 6.45) is 0. The summed E-state index contributed by atoms with van der Waals surface area (Å²) in [6, 6.07) is 23.1. The van der Waals surface area contributed by atoms with Crippen LogP contribution in [0.3, 0.4) is 0 Å². The molecule has 0 unspecified atom stereocenters. The largest absolute Gasteiger partial charge is 0.377 e. The first kappa shape index (κ1) is 18.0. The molecule has 5 heteroatoms. The van der Waals surface area contributed by atoms with Crippen LogP contribution in [0.2, 0.25) is 0 Å². The fourth-order valence-corrected chi connectivity index (χ4v) is 3.97. The number of aromatic nitrogens is 2. The second-order valence-electron chi connectivity index (χ2n) is 6.63. The van der Waals surface area contributed by atoms with Crippen LogP contribution in [0.15, 0.2) is 71.6 Å². The van der Waals surface area contributed by atoms with Gasteiger partial charge in [0.25, 0.3) is 0 Å². The molecular weight excluding hydrogens is 354 g/mol. The molecule has 4 rings (SSSR count). The Morgan fingerprint density at radius 2 is 1.78 bits per heavy atom. The van der Waals surface area contributed by atoms with Gasteiger partial charge in [-0.25, -0.2) is 9.97 Å². The molecule has 0 spiro atoms. The van der Waals surface area contributed by atoms with E-state index < -0.39 is 0 Å². The van der Waals surface area contributed by atoms with Crippen LogP contribution in [-0.4, -0.2) is 35.8 Å². The molecular formula is C22H23N3OS. The SMILES string of the molecule is C[C@H]1COCCN1c1cc(CSc2ccccc2)nc(-c2ccccc2)n1. The number of anilines is 1. The van der Waals surface area contributed by atoms with Gasteiger partial charge in [0.15, 0.2) is 5.82 Å². The molecule has 0 aliphatic carbocycles. The monoisotopic (exact) mass is 377 g/mol. The van der Waals surface area contributed by atoms with Crippen molar-refractivity contribution in [2.24, 2.45) is 0 Å². The summed E-state index contributed by atoms with van der Waals surface area (Å²) in [5.41, 5.74) is 2.10. The van der Waals surface area contributed by atoms with E-state index in [0.29, 0.717) is 6.04 Å². The van der Waals surface area contributed by atoms with E-state index in [4.69, 9.17) is 14.7 Å². The van der Waals surface area contributed by atoms with Crippen molar-refractivity contribution in [1.82, 2.24) is 9.97 Å². The zero-order valence-electron chi connectivity index (χ0n) is 15.4. The number of nitrogens with zero attached hydrogens (tertiary/aromatic N) is 3. The minimum absolute atomic E-state index is 0.312. The molecule has 3 aromatic rings. The molecule has 1 aromatic heterocycles. The van der Waals surface area contributed by atoms with E-state index in [9.17, 15) is 0 Å². The third kappa shape index (κ3) is 4.49. The van der Waals surface area contributed by atoms with E-state index in [1.165, 1.54) is 4.90 Å². The van der Waals surface area contributed by atoms with Crippen molar-refractivity contribution in [2.75, 3.05) is 24.7 Å². The summed E-state index contributed by atoms with van der Waals surface area (Å²) >= 11 is 1.80. The Kier molecular flexibility index (Phi) is 5.70. The number of benzene rings is 2. The lowest BCUT2D eigenvalue weighted by molar-refractivity contribution is 0.0985. The van der Waals surface area contributed by atoms with Crippen LogP contribution in [0.4, 0.5) is 5.82 Å². The van der Waals surface area contributed by atoms with Gasteiger partial charge in [0.2, 0.25) is 0 Å². The van der Waals surface area contributed by atoms with Crippen LogP contribution < -0.4 is 4.90 Å². The maximum atomic E-state index is 5.59. The van der Waals surface area contributed by atoms with Crippen LogP contribution in [0, 0.1) is 0 Å². The highest BCUT2D eigenvalue weighted by atomic mass is 32.2. The first-order valence-corrected chi connectivity index (χ1v) is 10.2. The van der Waals surface area contributed by atoms with Crippen molar-refractivity contribution >= 4 is 17.6 Å². The van der Waals surface area contributed by atoms with E-state index >= 15 is 0 Å². The van der Waals surface area contributed by atoms with Crippen molar-refractivity contribution in [3.8, 4) is 11.4 Å². The summed E-state index contributed by atoms with van der Waals surface area (Å²) in [6.45, 7) is 4.52. The third-order valence-corrected chi connectivity index (χ3v) is 5.64. The smallest absolute Gasteiger partial charge is 0.161 e. The molecule has 0 N–H and O–H groups in total. The molecule has 1 aliphatic heterocycles. The first-order chi connectivity index (χ1) is 13.3. The van der Waals surface area contributed by atoms with Crippen LogP contribution in [0.1, 0.15) is 12.6 Å². The molecule has 0 radical (unpaired) electrons. The van der Waals surface area contributed by atoms with Gasteiger partial charge in [-0.15, -0.1) is 11.8 Å². The second-order valence-corrected chi connectivity index (χ2v) is 7.67. The molecule has 1 atom stereocenters. The molecule has 2 heterocycles. The summed E-state index contributed by atoms with van der Waals surface area (Å²) in [7, 11) is 0. The molecule has 1 aliphatic rings. The van der Waals surface area contributed by atoms with E-state index in [1.54, 1.807) is 11.8 Å². The van der Waals surface area contributed by atoms with Gasteiger partial charge in [-0.2, -0.15) is 0 Å². The van der Waals surface area contributed by atoms with Gasteiger partial charge in [-0.1, -0.05) is 48.5 Å². The molecule has 0 amide bonds. The van der Waals surface area contributed by atoms with Gasteiger partial charge in [-0.3, -0.25) is 0 Å². The highest BCUT2D eigenvalue weighted by molar-refractivity contribution is 7.98. The molecule has 138 valence electrons. The van der Waals surface area contributed by atoms with Crippen molar-refractivity contribution in [3.05, 3.63) is 72.4 Å². The minimum atomic E-state index is 0.312. The lowest BCUT2D eigenvalue weighted by Gasteiger charge is -2.34. The summed E-state index contributed by atoms with van der Waals surface area (Å²) in [4.78, 5) is 13.3. The maximum absolute atomic E-state index is 5.59. The molecule has 0 bridgehead atoms. The van der Waals surface area contributed by atoms with Crippen LogP contribution >= 0.6 is 11.8 Å². The summed E-state index contributed by atoms with van der Waals surface area (Å²) in [5, 5.41) is 0. The number of morpholine rings is 1. The number of rotatable bonds is 5. The zero-order valence-corrected chi connectivity index (χ0v) is 16.2. The van der Waals surface area contributed by atoms with Gasteiger partial charge in [0.05, 0.1) is 24.9 Å². The standard InChI is InChI=1S/C22H23N3OS/c1-17-15-26-13-12-25(17)21-14-19(16-27-20-10-6-3-7-11-20)23-22(24-21)18-8-4-2-5-9-18/h2-11,14,17H,12-13,15-16H2,1H3/t17-/m0/s1.